The number of halogens is 1. The molecule has 1 unspecified atom stereocenters. The number of nitrogens with zero attached hydrogens (tertiary/aromatic N) is 2. The first-order chi connectivity index (χ1) is 9.22. The van der Waals surface area contributed by atoms with E-state index in [0.717, 1.165) is 11.3 Å². The third-order valence-electron chi connectivity index (χ3n) is 3.00. The quantitative estimate of drug-likeness (QED) is 0.878. The SMILES string of the molecule is CC(CN)C(=O)NCc1ccccc1-n1cccn1.Cl. The molecule has 5 nitrogen and oxygen atoms in total. The second kappa shape index (κ2) is 7.67. The number of carbonyl (C=O) groups excluding carboxylic acids is 1. The minimum atomic E-state index is -0.170. The number of carbonyl (C=O) groups is 1. The maximum atomic E-state index is 11.7. The number of benzene rings is 1. The minimum absolute atomic E-state index is 0. The summed E-state index contributed by atoms with van der Waals surface area (Å²) in [5, 5.41) is 7.10. The molecule has 2 aromatic rings. The van der Waals surface area contributed by atoms with Crippen LogP contribution in [-0.2, 0) is 11.3 Å². The molecule has 0 aliphatic rings. The lowest BCUT2D eigenvalue weighted by Gasteiger charge is -2.13. The molecule has 0 saturated carbocycles. The highest BCUT2D eigenvalue weighted by Gasteiger charge is 2.11. The first-order valence-electron chi connectivity index (χ1n) is 6.28. The number of hydrogen-bond acceptors (Lipinski definition) is 3. The number of nitrogens with two attached hydrogens (primary N) is 1. The van der Waals surface area contributed by atoms with Gasteiger partial charge in [-0.1, -0.05) is 25.1 Å². The third kappa shape index (κ3) is 3.82. The predicted molar refractivity (Wildman–Crippen MR) is 80.9 cm³/mol. The van der Waals surface area contributed by atoms with Gasteiger partial charge in [0.2, 0.25) is 5.91 Å². The number of amides is 1. The highest BCUT2D eigenvalue weighted by molar-refractivity contribution is 5.85. The summed E-state index contributed by atoms with van der Waals surface area (Å²) >= 11 is 0. The van der Waals surface area contributed by atoms with Gasteiger partial charge >= 0.3 is 0 Å². The van der Waals surface area contributed by atoms with Crippen molar-refractivity contribution in [2.45, 2.75) is 13.5 Å². The molecule has 3 N–H and O–H groups in total. The van der Waals surface area contributed by atoms with Crippen molar-refractivity contribution in [1.82, 2.24) is 15.1 Å². The van der Waals surface area contributed by atoms with Gasteiger partial charge in [-0.05, 0) is 17.7 Å². The van der Waals surface area contributed by atoms with E-state index in [1.165, 1.54) is 0 Å². The smallest absolute Gasteiger partial charge is 0.224 e. The Labute approximate surface area is 124 Å². The molecule has 0 spiro atoms. The summed E-state index contributed by atoms with van der Waals surface area (Å²) in [7, 11) is 0. The Hall–Kier alpha value is -1.85. The Bertz CT molecular complexity index is 542. The molecule has 0 saturated heterocycles. The van der Waals surface area contributed by atoms with E-state index in [9.17, 15) is 4.79 Å². The van der Waals surface area contributed by atoms with Gasteiger partial charge in [-0.15, -0.1) is 12.4 Å². The zero-order chi connectivity index (χ0) is 13.7. The number of aromatic nitrogens is 2. The summed E-state index contributed by atoms with van der Waals surface area (Å²) in [6.07, 6.45) is 3.61. The largest absolute Gasteiger partial charge is 0.352 e. The van der Waals surface area contributed by atoms with E-state index < -0.39 is 0 Å². The van der Waals surface area contributed by atoms with Crippen LogP contribution >= 0.6 is 12.4 Å². The summed E-state index contributed by atoms with van der Waals surface area (Å²) in [6, 6.07) is 9.71. The fraction of sp³-hybridized carbons (Fsp3) is 0.286. The highest BCUT2D eigenvalue weighted by Crippen LogP contribution is 2.13. The molecule has 0 fully saturated rings. The standard InChI is InChI=1S/C14H18N4O.ClH/c1-11(9-15)14(19)16-10-12-5-2-3-6-13(12)18-8-4-7-17-18;/h2-8,11H,9-10,15H2,1H3,(H,16,19);1H. The molecule has 1 heterocycles. The molecule has 20 heavy (non-hydrogen) atoms. The van der Waals surface area contributed by atoms with Crippen LogP contribution in [0.15, 0.2) is 42.7 Å². The highest BCUT2D eigenvalue weighted by atomic mass is 35.5. The van der Waals surface area contributed by atoms with Gasteiger partial charge in [-0.25, -0.2) is 4.68 Å². The van der Waals surface area contributed by atoms with Crippen LogP contribution in [0.4, 0.5) is 0 Å². The molecule has 1 atom stereocenters. The van der Waals surface area contributed by atoms with Crippen molar-refractivity contribution in [3.05, 3.63) is 48.3 Å². The average molecular weight is 295 g/mol. The van der Waals surface area contributed by atoms with Crippen LogP contribution in [0.5, 0.6) is 0 Å². The summed E-state index contributed by atoms with van der Waals surface area (Å²) in [5.41, 5.74) is 7.46. The fourth-order valence-corrected chi connectivity index (χ4v) is 1.76. The second-order valence-electron chi connectivity index (χ2n) is 4.43. The Morgan fingerprint density at radius 2 is 2.15 bits per heavy atom. The van der Waals surface area contributed by atoms with Crippen molar-refractivity contribution in [1.29, 1.82) is 0 Å². The van der Waals surface area contributed by atoms with Gasteiger partial charge in [0.15, 0.2) is 0 Å². The van der Waals surface area contributed by atoms with Gasteiger partial charge < -0.3 is 11.1 Å². The summed E-state index contributed by atoms with van der Waals surface area (Å²) in [4.78, 5) is 11.7. The Morgan fingerprint density at radius 1 is 1.40 bits per heavy atom. The van der Waals surface area contributed by atoms with Crippen molar-refractivity contribution in [2.24, 2.45) is 11.7 Å². The molecule has 6 heteroatoms. The summed E-state index contributed by atoms with van der Waals surface area (Å²) in [6.45, 7) is 2.64. The van der Waals surface area contributed by atoms with Gasteiger partial charge in [-0.2, -0.15) is 5.10 Å². The van der Waals surface area contributed by atoms with Crippen molar-refractivity contribution >= 4 is 18.3 Å². The van der Waals surface area contributed by atoms with E-state index in [4.69, 9.17) is 5.73 Å². The number of nitrogens with one attached hydrogen (secondary N) is 1. The zero-order valence-electron chi connectivity index (χ0n) is 11.3. The number of para-hydroxylation sites is 1. The van der Waals surface area contributed by atoms with E-state index >= 15 is 0 Å². The maximum Gasteiger partial charge on any atom is 0.224 e. The van der Waals surface area contributed by atoms with Crippen LogP contribution in [-0.4, -0.2) is 22.2 Å². The molecular formula is C14H19ClN4O. The van der Waals surface area contributed by atoms with Crippen molar-refractivity contribution in [3.63, 3.8) is 0 Å². The van der Waals surface area contributed by atoms with Crippen LogP contribution in [0, 0.1) is 5.92 Å². The van der Waals surface area contributed by atoms with Gasteiger partial charge in [0, 0.05) is 31.4 Å². The lowest BCUT2D eigenvalue weighted by atomic mass is 10.1. The van der Waals surface area contributed by atoms with Crippen LogP contribution in [0.3, 0.4) is 0 Å². The Morgan fingerprint density at radius 3 is 2.80 bits per heavy atom. The number of rotatable bonds is 5. The first-order valence-corrected chi connectivity index (χ1v) is 6.28. The number of hydrogen-bond donors (Lipinski definition) is 2. The first kappa shape index (κ1) is 16.2. The molecule has 1 aromatic carbocycles. The van der Waals surface area contributed by atoms with Crippen LogP contribution in [0.25, 0.3) is 5.69 Å². The molecule has 0 radical (unpaired) electrons. The molecule has 0 aliphatic heterocycles. The van der Waals surface area contributed by atoms with Crippen LogP contribution in [0.1, 0.15) is 12.5 Å². The average Bonchev–Trinajstić information content (AvgIpc) is 2.98. The van der Waals surface area contributed by atoms with Crippen molar-refractivity contribution in [3.8, 4) is 5.69 Å². The lowest BCUT2D eigenvalue weighted by molar-refractivity contribution is -0.124. The van der Waals surface area contributed by atoms with Crippen LogP contribution in [0.2, 0.25) is 0 Å². The molecule has 1 amide bonds. The zero-order valence-corrected chi connectivity index (χ0v) is 12.1. The van der Waals surface area contributed by atoms with Gasteiger partial charge in [-0.3, -0.25) is 4.79 Å². The third-order valence-corrected chi connectivity index (χ3v) is 3.00. The lowest BCUT2D eigenvalue weighted by Crippen LogP contribution is -2.33. The second-order valence-corrected chi connectivity index (χ2v) is 4.43. The monoisotopic (exact) mass is 294 g/mol. The summed E-state index contributed by atoms with van der Waals surface area (Å²) < 4.78 is 1.79. The van der Waals surface area contributed by atoms with Gasteiger partial charge in [0.25, 0.3) is 0 Å². The normalized spacial score (nSPS) is 11.5. The molecule has 2 rings (SSSR count). The molecular weight excluding hydrogens is 276 g/mol. The van der Waals surface area contributed by atoms with E-state index in [2.05, 4.69) is 10.4 Å². The van der Waals surface area contributed by atoms with Gasteiger partial charge in [0.1, 0.15) is 0 Å². The van der Waals surface area contributed by atoms with Crippen molar-refractivity contribution < 1.29 is 4.79 Å². The van der Waals surface area contributed by atoms with E-state index in [-0.39, 0.29) is 24.2 Å². The van der Waals surface area contributed by atoms with Crippen molar-refractivity contribution in [2.75, 3.05) is 6.54 Å². The Balaban J connectivity index is 0.00000200. The van der Waals surface area contributed by atoms with E-state index in [1.807, 2.05) is 43.5 Å². The summed E-state index contributed by atoms with van der Waals surface area (Å²) in [5.74, 6) is -0.199. The fourth-order valence-electron chi connectivity index (χ4n) is 1.76. The van der Waals surface area contributed by atoms with E-state index in [0.29, 0.717) is 13.1 Å². The molecule has 1 aromatic heterocycles. The minimum Gasteiger partial charge on any atom is -0.352 e. The molecule has 108 valence electrons. The topological polar surface area (TPSA) is 72.9 Å². The Kier molecular flexibility index (Phi) is 6.21. The van der Waals surface area contributed by atoms with Gasteiger partial charge in [0.05, 0.1) is 5.69 Å². The van der Waals surface area contributed by atoms with Crippen LogP contribution < -0.4 is 11.1 Å². The van der Waals surface area contributed by atoms with E-state index in [1.54, 1.807) is 10.9 Å². The molecule has 0 bridgehead atoms. The predicted octanol–water partition coefficient (Wildman–Crippen LogP) is 1.51. The maximum absolute atomic E-state index is 11.7. The molecule has 0 aliphatic carbocycles.